The maximum Gasteiger partial charge on any atom is 0.419 e. The number of rotatable bonds is 4. The van der Waals surface area contributed by atoms with Crippen molar-refractivity contribution in [1.29, 1.82) is 0 Å². The van der Waals surface area contributed by atoms with Gasteiger partial charge in [-0.25, -0.2) is 4.79 Å². The first-order chi connectivity index (χ1) is 8.43. The quantitative estimate of drug-likeness (QED) is 0.841. The second-order valence-corrected chi connectivity index (χ2v) is 5.21. The Morgan fingerprint density at radius 2 is 2.11 bits per heavy atom. The zero-order valence-corrected chi connectivity index (χ0v) is 10.7. The second kappa shape index (κ2) is 4.46. The number of hydrogen-bond acceptors (Lipinski definition) is 4. The van der Waals surface area contributed by atoms with E-state index in [2.05, 4.69) is 9.44 Å². The summed E-state index contributed by atoms with van der Waals surface area (Å²) < 4.78 is 33.9. The Bertz CT molecular complexity index is 729. The molecule has 98 valence electrons. The van der Waals surface area contributed by atoms with Crippen LogP contribution < -0.4 is 15.2 Å². The van der Waals surface area contributed by atoms with Gasteiger partial charge in [0, 0.05) is 13.6 Å². The van der Waals surface area contributed by atoms with Crippen LogP contribution in [0, 0.1) is 0 Å². The Balaban J connectivity index is 2.42. The van der Waals surface area contributed by atoms with E-state index in [4.69, 9.17) is 4.42 Å². The fourth-order valence-corrected chi connectivity index (χ4v) is 2.46. The lowest BCUT2D eigenvalue weighted by atomic mass is 10.3. The fourth-order valence-electron chi connectivity index (χ4n) is 1.57. The Morgan fingerprint density at radius 3 is 2.78 bits per heavy atom. The van der Waals surface area contributed by atoms with Crippen LogP contribution in [0.1, 0.15) is 6.92 Å². The third-order valence-corrected chi connectivity index (χ3v) is 3.55. The molecule has 0 atom stereocenters. The summed E-state index contributed by atoms with van der Waals surface area (Å²) in [5.41, 5.74) is 1.30. The number of aromatic nitrogens is 1. The number of benzene rings is 1. The molecule has 2 N–H and O–H groups in total. The van der Waals surface area contributed by atoms with Gasteiger partial charge in [0.05, 0.1) is 11.2 Å². The summed E-state index contributed by atoms with van der Waals surface area (Å²) in [5.74, 6) is -0.489. The lowest BCUT2D eigenvalue weighted by molar-refractivity contribution is 0.528. The normalized spacial score (nSPS) is 11.9. The Hall–Kier alpha value is -1.80. The Morgan fingerprint density at radius 1 is 1.39 bits per heavy atom. The molecule has 1 heterocycles. The molecule has 1 aromatic carbocycles. The SMILES string of the molecule is CCNS(=O)(=O)Nc1ccc2oc(=O)n(C)c2c1. The van der Waals surface area contributed by atoms with Crippen LogP contribution in [0.2, 0.25) is 0 Å². The first kappa shape index (κ1) is 12.7. The zero-order chi connectivity index (χ0) is 13.3. The minimum atomic E-state index is -3.58. The van der Waals surface area contributed by atoms with E-state index < -0.39 is 16.0 Å². The van der Waals surface area contributed by atoms with E-state index in [1.165, 1.54) is 16.7 Å². The summed E-state index contributed by atoms with van der Waals surface area (Å²) in [4.78, 5) is 11.3. The molecule has 0 fully saturated rings. The molecule has 0 aliphatic heterocycles. The highest BCUT2D eigenvalue weighted by atomic mass is 32.2. The molecule has 0 spiro atoms. The van der Waals surface area contributed by atoms with Gasteiger partial charge in [-0.05, 0) is 18.2 Å². The number of hydrogen-bond donors (Lipinski definition) is 2. The third kappa shape index (κ3) is 2.39. The standard InChI is InChI=1S/C10H13N3O4S/c1-3-11-18(15,16)12-7-4-5-9-8(6-7)13(2)10(14)17-9/h4-6,11-12H,3H2,1-2H3. The highest BCUT2D eigenvalue weighted by molar-refractivity contribution is 7.90. The molecule has 0 aliphatic carbocycles. The van der Waals surface area contributed by atoms with Crippen molar-refractivity contribution in [2.24, 2.45) is 7.05 Å². The summed E-state index contributed by atoms with van der Waals surface area (Å²) in [6.07, 6.45) is 0. The molecule has 0 bridgehead atoms. The van der Waals surface area contributed by atoms with Crippen LogP contribution in [0.3, 0.4) is 0 Å². The van der Waals surface area contributed by atoms with Crippen molar-refractivity contribution in [3.05, 3.63) is 28.7 Å². The molecular formula is C10H13N3O4S. The van der Waals surface area contributed by atoms with Crippen molar-refractivity contribution in [3.63, 3.8) is 0 Å². The molecule has 0 aliphatic rings. The van der Waals surface area contributed by atoms with E-state index >= 15 is 0 Å². The minimum absolute atomic E-state index is 0.293. The maximum atomic E-state index is 11.5. The predicted octanol–water partition coefficient (Wildman–Crippen LogP) is 0.398. The number of fused-ring (bicyclic) bond motifs is 1. The Kier molecular flexibility index (Phi) is 3.14. The van der Waals surface area contributed by atoms with Crippen molar-refractivity contribution in [2.45, 2.75) is 6.92 Å². The molecule has 0 radical (unpaired) electrons. The maximum absolute atomic E-state index is 11.5. The Labute approximate surface area is 104 Å². The van der Waals surface area contributed by atoms with Crippen LogP contribution in [0.15, 0.2) is 27.4 Å². The van der Waals surface area contributed by atoms with Crippen molar-refractivity contribution >= 4 is 27.0 Å². The fraction of sp³-hybridized carbons (Fsp3) is 0.300. The second-order valence-electron chi connectivity index (χ2n) is 3.71. The number of anilines is 1. The van der Waals surface area contributed by atoms with Gasteiger partial charge in [0.2, 0.25) is 0 Å². The van der Waals surface area contributed by atoms with Crippen LogP contribution in [0.4, 0.5) is 5.69 Å². The molecule has 0 saturated heterocycles. The molecule has 18 heavy (non-hydrogen) atoms. The topological polar surface area (TPSA) is 93.3 Å². The number of aryl methyl sites for hydroxylation is 1. The van der Waals surface area contributed by atoms with Gasteiger partial charge >= 0.3 is 5.76 Å². The van der Waals surface area contributed by atoms with Gasteiger partial charge < -0.3 is 4.42 Å². The lowest BCUT2D eigenvalue weighted by Crippen LogP contribution is -2.29. The van der Waals surface area contributed by atoms with Crippen LogP contribution >= 0.6 is 0 Å². The smallest absolute Gasteiger partial charge is 0.408 e. The molecular weight excluding hydrogens is 258 g/mol. The monoisotopic (exact) mass is 271 g/mol. The van der Waals surface area contributed by atoms with Crippen LogP contribution in [0.5, 0.6) is 0 Å². The van der Waals surface area contributed by atoms with E-state index in [-0.39, 0.29) is 0 Å². The molecule has 2 aromatic rings. The highest BCUT2D eigenvalue weighted by Gasteiger charge is 2.10. The van der Waals surface area contributed by atoms with Crippen LogP contribution in [-0.2, 0) is 17.3 Å². The molecule has 0 unspecified atom stereocenters. The van der Waals surface area contributed by atoms with Gasteiger partial charge in [-0.2, -0.15) is 13.1 Å². The first-order valence-corrected chi connectivity index (χ1v) is 6.78. The van der Waals surface area contributed by atoms with Gasteiger partial charge in [-0.15, -0.1) is 0 Å². The largest absolute Gasteiger partial charge is 0.419 e. The van der Waals surface area contributed by atoms with E-state index in [1.807, 2.05) is 0 Å². The van der Waals surface area contributed by atoms with Gasteiger partial charge in [-0.1, -0.05) is 6.92 Å². The van der Waals surface area contributed by atoms with Crippen molar-refractivity contribution in [1.82, 2.24) is 9.29 Å². The van der Waals surface area contributed by atoms with Gasteiger partial charge in [-0.3, -0.25) is 9.29 Å². The average Bonchev–Trinajstić information content (AvgIpc) is 2.55. The van der Waals surface area contributed by atoms with Gasteiger partial charge in [0.25, 0.3) is 10.2 Å². The summed E-state index contributed by atoms with van der Waals surface area (Å²) in [5, 5.41) is 0. The van der Waals surface area contributed by atoms with Crippen LogP contribution in [-0.4, -0.2) is 19.5 Å². The van der Waals surface area contributed by atoms with Crippen molar-refractivity contribution in [3.8, 4) is 0 Å². The molecule has 1 aromatic heterocycles. The third-order valence-electron chi connectivity index (χ3n) is 2.38. The predicted molar refractivity (Wildman–Crippen MR) is 67.7 cm³/mol. The average molecular weight is 271 g/mol. The molecule has 0 saturated carbocycles. The zero-order valence-electron chi connectivity index (χ0n) is 9.93. The van der Waals surface area contributed by atoms with E-state index in [1.54, 1.807) is 20.0 Å². The van der Waals surface area contributed by atoms with E-state index in [9.17, 15) is 13.2 Å². The van der Waals surface area contributed by atoms with E-state index in [0.29, 0.717) is 23.3 Å². The van der Waals surface area contributed by atoms with Gasteiger partial charge in [0.15, 0.2) is 5.58 Å². The van der Waals surface area contributed by atoms with E-state index in [0.717, 1.165) is 0 Å². The van der Waals surface area contributed by atoms with Crippen molar-refractivity contribution in [2.75, 3.05) is 11.3 Å². The minimum Gasteiger partial charge on any atom is -0.408 e. The summed E-state index contributed by atoms with van der Waals surface area (Å²) in [6.45, 7) is 1.98. The summed E-state index contributed by atoms with van der Waals surface area (Å²) in [6, 6.07) is 4.61. The first-order valence-electron chi connectivity index (χ1n) is 5.30. The molecule has 8 heteroatoms. The molecule has 7 nitrogen and oxygen atoms in total. The van der Waals surface area contributed by atoms with Crippen molar-refractivity contribution < 1.29 is 12.8 Å². The summed E-state index contributed by atoms with van der Waals surface area (Å²) in [7, 11) is -2.03. The lowest BCUT2D eigenvalue weighted by Gasteiger charge is -2.07. The molecule has 2 rings (SSSR count). The number of oxazole rings is 1. The van der Waals surface area contributed by atoms with Gasteiger partial charge in [0.1, 0.15) is 0 Å². The summed E-state index contributed by atoms with van der Waals surface area (Å²) >= 11 is 0. The van der Waals surface area contributed by atoms with Crippen LogP contribution in [0.25, 0.3) is 11.1 Å². The highest BCUT2D eigenvalue weighted by Crippen LogP contribution is 2.18. The molecule has 0 amide bonds. The number of nitrogens with zero attached hydrogens (tertiary/aromatic N) is 1. The number of nitrogens with one attached hydrogen (secondary N) is 2.